The summed E-state index contributed by atoms with van der Waals surface area (Å²) in [7, 11) is 4.09. The summed E-state index contributed by atoms with van der Waals surface area (Å²) in [6, 6.07) is 20.5. The van der Waals surface area contributed by atoms with Crippen LogP contribution >= 0.6 is 0 Å². The zero-order valence-electron chi connectivity index (χ0n) is 14.6. The van der Waals surface area contributed by atoms with E-state index in [0.717, 1.165) is 17.5 Å². The number of hydrogen-bond acceptors (Lipinski definition) is 2. The van der Waals surface area contributed by atoms with Gasteiger partial charge in [-0.25, -0.2) is 0 Å². The monoisotopic (exact) mass is 309 g/mol. The zero-order valence-corrected chi connectivity index (χ0v) is 14.6. The van der Waals surface area contributed by atoms with Crippen LogP contribution in [-0.4, -0.2) is 30.8 Å². The number of Topliss-reactive ketones (excluding diaryl/α,β-unsaturated/α-hetero) is 1. The number of carbonyl (C=O) groups excluding carboxylic acids is 1. The van der Waals surface area contributed by atoms with Crippen LogP contribution in [0.5, 0.6) is 0 Å². The van der Waals surface area contributed by atoms with Crippen LogP contribution in [0, 0.1) is 0 Å². The van der Waals surface area contributed by atoms with Gasteiger partial charge >= 0.3 is 0 Å². The van der Waals surface area contributed by atoms with Crippen LogP contribution in [0.1, 0.15) is 37.8 Å². The molecule has 0 N–H and O–H groups in total. The highest BCUT2D eigenvalue weighted by Crippen LogP contribution is 2.39. The van der Waals surface area contributed by atoms with Crippen LogP contribution in [-0.2, 0) is 10.2 Å². The minimum Gasteiger partial charge on any atom is -0.305 e. The predicted octanol–water partition coefficient (Wildman–Crippen LogP) is 4.29. The van der Waals surface area contributed by atoms with Crippen molar-refractivity contribution in [2.45, 2.75) is 38.1 Å². The molecule has 0 aliphatic heterocycles. The van der Waals surface area contributed by atoms with Gasteiger partial charge in [-0.3, -0.25) is 4.79 Å². The highest BCUT2D eigenvalue weighted by Gasteiger charge is 2.46. The minimum atomic E-state index is -0.637. The summed E-state index contributed by atoms with van der Waals surface area (Å²) in [5.74, 6) is 0.290. The Morgan fingerprint density at radius 2 is 1.39 bits per heavy atom. The lowest BCUT2D eigenvalue weighted by Gasteiger charge is -2.42. The van der Waals surface area contributed by atoms with Gasteiger partial charge in [-0.15, -0.1) is 0 Å². The first kappa shape index (κ1) is 17.4. The third kappa shape index (κ3) is 3.23. The maximum Gasteiger partial charge on any atom is 0.149 e. The van der Waals surface area contributed by atoms with Crippen molar-refractivity contribution < 1.29 is 4.79 Å². The molecule has 0 fully saturated rings. The third-order valence-corrected chi connectivity index (χ3v) is 4.78. The molecule has 0 bridgehead atoms. The van der Waals surface area contributed by atoms with E-state index in [1.165, 1.54) is 0 Å². The van der Waals surface area contributed by atoms with Crippen molar-refractivity contribution in [3.05, 3.63) is 71.8 Å². The molecular weight excluding hydrogens is 282 g/mol. The average Bonchev–Trinajstić information content (AvgIpc) is 2.57. The number of rotatable bonds is 7. The molecule has 0 amide bonds. The van der Waals surface area contributed by atoms with Crippen LogP contribution in [0.2, 0.25) is 0 Å². The van der Waals surface area contributed by atoms with Crippen molar-refractivity contribution in [1.82, 2.24) is 4.90 Å². The van der Waals surface area contributed by atoms with Gasteiger partial charge in [0.1, 0.15) is 5.78 Å². The third-order valence-electron chi connectivity index (χ3n) is 4.78. The second-order valence-electron chi connectivity index (χ2n) is 6.35. The Hall–Kier alpha value is -1.93. The molecule has 122 valence electrons. The molecule has 2 aromatic carbocycles. The molecule has 0 aliphatic carbocycles. The fourth-order valence-corrected chi connectivity index (χ4v) is 3.42. The number of likely N-dealkylation sites (N-methyl/N-ethyl adjacent to an activating group) is 1. The van der Waals surface area contributed by atoms with Crippen LogP contribution < -0.4 is 0 Å². The van der Waals surface area contributed by atoms with E-state index in [0.29, 0.717) is 12.2 Å². The lowest BCUT2D eigenvalue weighted by atomic mass is 9.65. The van der Waals surface area contributed by atoms with Crippen molar-refractivity contribution in [3.8, 4) is 0 Å². The van der Waals surface area contributed by atoms with E-state index in [1.54, 1.807) is 0 Å². The standard InChI is InChI=1S/C21H27NO/c1-5-12-20(23)21(17(2)22(3)4,18-13-8-6-9-14-18)19-15-10-7-11-16-19/h6-11,13-17H,5,12H2,1-4H3. The van der Waals surface area contributed by atoms with E-state index in [4.69, 9.17) is 0 Å². The number of hydrogen-bond donors (Lipinski definition) is 0. The summed E-state index contributed by atoms with van der Waals surface area (Å²) in [4.78, 5) is 15.5. The lowest BCUT2D eigenvalue weighted by molar-refractivity contribution is -0.125. The van der Waals surface area contributed by atoms with Crippen molar-refractivity contribution >= 4 is 5.78 Å². The molecule has 0 aromatic heterocycles. The Morgan fingerprint density at radius 3 is 1.74 bits per heavy atom. The molecule has 0 aliphatic rings. The summed E-state index contributed by atoms with van der Waals surface area (Å²) in [6.45, 7) is 4.21. The van der Waals surface area contributed by atoms with E-state index in [-0.39, 0.29) is 6.04 Å². The first-order valence-electron chi connectivity index (χ1n) is 8.35. The van der Waals surface area contributed by atoms with Gasteiger partial charge in [0.2, 0.25) is 0 Å². The zero-order chi connectivity index (χ0) is 16.9. The molecular formula is C21H27NO. The van der Waals surface area contributed by atoms with E-state index in [2.05, 4.69) is 43.0 Å². The van der Waals surface area contributed by atoms with Gasteiger partial charge in [-0.1, -0.05) is 67.6 Å². The Labute approximate surface area is 140 Å². The fraction of sp³-hybridized carbons (Fsp3) is 0.381. The Morgan fingerprint density at radius 1 is 0.957 bits per heavy atom. The molecule has 2 aromatic rings. The van der Waals surface area contributed by atoms with Crippen molar-refractivity contribution in [2.24, 2.45) is 0 Å². The van der Waals surface area contributed by atoms with Gasteiger partial charge in [0.05, 0.1) is 5.41 Å². The van der Waals surface area contributed by atoms with Crippen molar-refractivity contribution in [1.29, 1.82) is 0 Å². The maximum atomic E-state index is 13.4. The molecule has 0 saturated heterocycles. The Balaban J connectivity index is 2.76. The highest BCUT2D eigenvalue weighted by molar-refractivity contribution is 5.94. The summed E-state index contributed by atoms with van der Waals surface area (Å²) in [5.41, 5.74) is 1.51. The number of benzene rings is 2. The fourth-order valence-electron chi connectivity index (χ4n) is 3.42. The second kappa shape index (κ2) is 7.56. The molecule has 2 heteroatoms. The molecule has 0 radical (unpaired) electrons. The van der Waals surface area contributed by atoms with E-state index < -0.39 is 5.41 Å². The molecule has 1 unspecified atom stereocenters. The normalized spacial score (nSPS) is 13.1. The van der Waals surface area contributed by atoms with Crippen molar-refractivity contribution in [2.75, 3.05) is 14.1 Å². The average molecular weight is 309 g/mol. The van der Waals surface area contributed by atoms with E-state index >= 15 is 0 Å². The van der Waals surface area contributed by atoms with Crippen LogP contribution in [0.3, 0.4) is 0 Å². The molecule has 2 nitrogen and oxygen atoms in total. The SMILES string of the molecule is CCCC(=O)C(c1ccccc1)(c1ccccc1)C(C)N(C)C. The smallest absolute Gasteiger partial charge is 0.149 e. The van der Waals surface area contributed by atoms with Crippen molar-refractivity contribution in [3.63, 3.8) is 0 Å². The second-order valence-corrected chi connectivity index (χ2v) is 6.35. The van der Waals surface area contributed by atoms with E-state index in [1.807, 2.05) is 50.5 Å². The van der Waals surface area contributed by atoms with Gasteiger partial charge in [0.15, 0.2) is 0 Å². The summed E-state index contributed by atoms with van der Waals surface area (Å²) >= 11 is 0. The maximum absolute atomic E-state index is 13.4. The summed E-state index contributed by atoms with van der Waals surface area (Å²) < 4.78 is 0. The molecule has 2 rings (SSSR count). The van der Waals surface area contributed by atoms with Gasteiger partial charge in [-0.05, 0) is 38.6 Å². The van der Waals surface area contributed by atoms with Gasteiger partial charge < -0.3 is 4.90 Å². The molecule has 1 atom stereocenters. The summed E-state index contributed by atoms with van der Waals surface area (Å²) in [5, 5.41) is 0. The molecule has 23 heavy (non-hydrogen) atoms. The predicted molar refractivity (Wildman–Crippen MR) is 96.7 cm³/mol. The first-order valence-corrected chi connectivity index (χ1v) is 8.35. The highest BCUT2D eigenvalue weighted by atomic mass is 16.1. The van der Waals surface area contributed by atoms with Gasteiger partial charge in [-0.2, -0.15) is 0 Å². The lowest BCUT2D eigenvalue weighted by Crippen LogP contribution is -2.52. The quantitative estimate of drug-likeness (QED) is 0.760. The van der Waals surface area contributed by atoms with Crippen LogP contribution in [0.15, 0.2) is 60.7 Å². The Bertz CT molecular complexity index is 579. The topological polar surface area (TPSA) is 20.3 Å². The molecule has 0 saturated carbocycles. The van der Waals surface area contributed by atoms with Crippen LogP contribution in [0.25, 0.3) is 0 Å². The minimum absolute atomic E-state index is 0.0614. The number of nitrogens with zero attached hydrogens (tertiary/aromatic N) is 1. The first-order chi connectivity index (χ1) is 11.0. The number of ketones is 1. The van der Waals surface area contributed by atoms with Gasteiger partial charge in [0, 0.05) is 12.5 Å². The van der Waals surface area contributed by atoms with Crippen LogP contribution in [0.4, 0.5) is 0 Å². The van der Waals surface area contributed by atoms with Gasteiger partial charge in [0.25, 0.3) is 0 Å². The molecule has 0 heterocycles. The largest absolute Gasteiger partial charge is 0.305 e. The summed E-state index contributed by atoms with van der Waals surface area (Å²) in [6.07, 6.45) is 1.45. The Kier molecular flexibility index (Phi) is 5.73. The molecule has 0 spiro atoms. The van der Waals surface area contributed by atoms with E-state index in [9.17, 15) is 4.79 Å². The number of carbonyl (C=O) groups is 1.